The minimum Gasteiger partial charge on any atom is -0.382 e. The fourth-order valence-electron chi connectivity index (χ4n) is 1.80. The Kier molecular flexibility index (Phi) is 2.89. The van der Waals surface area contributed by atoms with Gasteiger partial charge in [0.25, 0.3) is 0 Å². The Morgan fingerprint density at radius 1 is 1.16 bits per heavy atom. The molecule has 6 heteroatoms. The summed E-state index contributed by atoms with van der Waals surface area (Å²) in [5, 5.41) is 8.78. The molecule has 3 aromatic rings. The highest BCUT2D eigenvalue weighted by Gasteiger charge is 2.13. The van der Waals surface area contributed by atoms with Crippen LogP contribution in [0.15, 0.2) is 48.8 Å². The molecule has 5 nitrogen and oxygen atoms in total. The maximum Gasteiger partial charge on any atom is 0.155 e. The molecule has 1 aromatic carbocycles. The summed E-state index contributed by atoms with van der Waals surface area (Å²) in [7, 11) is 0. The van der Waals surface area contributed by atoms with E-state index in [1.807, 2.05) is 24.3 Å². The Bertz CT molecular complexity index is 708. The molecule has 2 aromatic heterocycles. The zero-order chi connectivity index (χ0) is 13.2. The van der Waals surface area contributed by atoms with Crippen molar-refractivity contribution in [3.05, 3.63) is 53.8 Å². The number of halogens is 1. The maximum atomic E-state index is 6.08. The van der Waals surface area contributed by atoms with Gasteiger partial charge in [0, 0.05) is 23.0 Å². The molecular formula is C13H10ClN5. The summed E-state index contributed by atoms with van der Waals surface area (Å²) in [6.07, 6.45) is 3.39. The number of pyridine rings is 1. The van der Waals surface area contributed by atoms with Crippen LogP contribution in [0.2, 0.25) is 5.02 Å². The Labute approximate surface area is 114 Å². The summed E-state index contributed by atoms with van der Waals surface area (Å²) in [5.41, 5.74) is 8.29. The first-order valence-electron chi connectivity index (χ1n) is 5.63. The van der Waals surface area contributed by atoms with Gasteiger partial charge in [-0.15, -0.1) is 5.10 Å². The molecule has 0 aliphatic carbocycles. The fraction of sp³-hybridized carbons (Fsp3) is 0. The number of nitrogen functional groups attached to an aromatic ring is 1. The van der Waals surface area contributed by atoms with Crippen molar-refractivity contribution in [3.63, 3.8) is 0 Å². The van der Waals surface area contributed by atoms with Gasteiger partial charge in [-0.1, -0.05) is 22.9 Å². The third kappa shape index (κ3) is 2.15. The van der Waals surface area contributed by atoms with Crippen LogP contribution in [0.5, 0.6) is 0 Å². The number of rotatable bonds is 2. The molecule has 0 amide bonds. The summed E-state index contributed by atoms with van der Waals surface area (Å²) < 4.78 is 1.55. The van der Waals surface area contributed by atoms with Crippen molar-refractivity contribution in [3.8, 4) is 16.9 Å². The van der Waals surface area contributed by atoms with Crippen molar-refractivity contribution in [2.75, 3.05) is 5.73 Å². The predicted molar refractivity (Wildman–Crippen MR) is 74.0 cm³/mol. The van der Waals surface area contributed by atoms with E-state index in [4.69, 9.17) is 17.3 Å². The predicted octanol–water partition coefficient (Wildman–Crippen LogP) is 2.56. The molecule has 2 heterocycles. The highest BCUT2D eigenvalue weighted by Crippen LogP contribution is 2.25. The lowest BCUT2D eigenvalue weighted by atomic mass is 10.2. The second kappa shape index (κ2) is 4.70. The molecule has 2 N–H and O–H groups in total. The Morgan fingerprint density at radius 2 is 2.05 bits per heavy atom. The van der Waals surface area contributed by atoms with Crippen molar-refractivity contribution in [1.29, 1.82) is 0 Å². The lowest BCUT2D eigenvalue weighted by Crippen LogP contribution is -2.02. The van der Waals surface area contributed by atoms with Crippen LogP contribution in [-0.4, -0.2) is 20.0 Å². The van der Waals surface area contributed by atoms with Gasteiger partial charge in [0.15, 0.2) is 5.82 Å². The molecule has 0 radical (unpaired) electrons. The van der Waals surface area contributed by atoms with Gasteiger partial charge in [-0.2, -0.15) is 4.68 Å². The van der Waals surface area contributed by atoms with Crippen molar-refractivity contribution in [2.24, 2.45) is 0 Å². The molecule has 94 valence electrons. The van der Waals surface area contributed by atoms with E-state index in [0.29, 0.717) is 16.5 Å². The van der Waals surface area contributed by atoms with Crippen molar-refractivity contribution >= 4 is 17.4 Å². The van der Waals surface area contributed by atoms with Crippen LogP contribution >= 0.6 is 11.6 Å². The van der Waals surface area contributed by atoms with Crippen LogP contribution < -0.4 is 5.73 Å². The topological polar surface area (TPSA) is 69.6 Å². The third-order valence-corrected chi connectivity index (χ3v) is 2.93. The normalized spacial score (nSPS) is 10.6. The zero-order valence-corrected chi connectivity index (χ0v) is 10.6. The van der Waals surface area contributed by atoms with Crippen molar-refractivity contribution < 1.29 is 0 Å². The van der Waals surface area contributed by atoms with Crippen molar-refractivity contribution in [1.82, 2.24) is 20.0 Å². The Morgan fingerprint density at radius 3 is 2.79 bits per heavy atom. The molecule has 0 fully saturated rings. The smallest absolute Gasteiger partial charge is 0.155 e. The number of hydrogen-bond acceptors (Lipinski definition) is 4. The Hall–Kier alpha value is -2.40. The number of nitrogens with zero attached hydrogens (tertiary/aromatic N) is 4. The van der Waals surface area contributed by atoms with E-state index in [2.05, 4.69) is 15.3 Å². The van der Waals surface area contributed by atoms with Crippen LogP contribution in [-0.2, 0) is 0 Å². The standard InChI is InChI=1S/C13H10ClN5/c14-10-4-1-5-11(7-10)19-13(15)12(17-18-19)9-3-2-6-16-8-9/h1-8H,15H2. The molecule has 0 saturated heterocycles. The van der Waals surface area contributed by atoms with Gasteiger partial charge in [-0.3, -0.25) is 4.98 Å². The van der Waals surface area contributed by atoms with Crippen LogP contribution in [0.25, 0.3) is 16.9 Å². The minimum atomic E-state index is 0.454. The highest BCUT2D eigenvalue weighted by molar-refractivity contribution is 6.30. The van der Waals surface area contributed by atoms with Crippen LogP contribution in [0.1, 0.15) is 0 Å². The van der Waals surface area contributed by atoms with E-state index in [1.54, 1.807) is 29.2 Å². The summed E-state index contributed by atoms with van der Waals surface area (Å²) in [6, 6.07) is 11.0. The molecule has 19 heavy (non-hydrogen) atoms. The van der Waals surface area contributed by atoms with Gasteiger partial charge in [0.1, 0.15) is 5.69 Å². The van der Waals surface area contributed by atoms with Gasteiger partial charge >= 0.3 is 0 Å². The highest BCUT2D eigenvalue weighted by atomic mass is 35.5. The van der Waals surface area contributed by atoms with Gasteiger partial charge in [0.05, 0.1) is 5.69 Å². The first-order valence-corrected chi connectivity index (χ1v) is 6.01. The van der Waals surface area contributed by atoms with Gasteiger partial charge < -0.3 is 5.73 Å². The maximum absolute atomic E-state index is 6.08. The van der Waals surface area contributed by atoms with E-state index in [9.17, 15) is 0 Å². The van der Waals surface area contributed by atoms with E-state index in [-0.39, 0.29) is 0 Å². The molecule has 3 rings (SSSR count). The monoisotopic (exact) mass is 271 g/mol. The van der Waals surface area contributed by atoms with E-state index >= 15 is 0 Å². The lowest BCUT2D eigenvalue weighted by molar-refractivity contribution is 0.810. The lowest BCUT2D eigenvalue weighted by Gasteiger charge is -2.03. The van der Waals surface area contributed by atoms with Crippen LogP contribution in [0.4, 0.5) is 5.82 Å². The van der Waals surface area contributed by atoms with Gasteiger partial charge in [-0.05, 0) is 30.3 Å². The molecule has 0 saturated carbocycles. The second-order valence-corrected chi connectivity index (χ2v) is 4.39. The fourth-order valence-corrected chi connectivity index (χ4v) is 1.98. The first kappa shape index (κ1) is 11.7. The minimum absolute atomic E-state index is 0.454. The second-order valence-electron chi connectivity index (χ2n) is 3.96. The van der Waals surface area contributed by atoms with Crippen molar-refractivity contribution in [2.45, 2.75) is 0 Å². The zero-order valence-electron chi connectivity index (χ0n) is 9.86. The largest absolute Gasteiger partial charge is 0.382 e. The summed E-state index contributed by atoms with van der Waals surface area (Å²) in [4.78, 5) is 4.04. The molecule has 0 atom stereocenters. The number of nitrogens with two attached hydrogens (primary N) is 1. The number of benzene rings is 1. The average molecular weight is 272 g/mol. The summed E-state index contributed by atoms with van der Waals surface area (Å²) in [6.45, 7) is 0. The molecule has 0 bridgehead atoms. The van der Waals surface area contributed by atoms with Gasteiger partial charge in [-0.25, -0.2) is 0 Å². The number of aromatic nitrogens is 4. The molecule has 0 spiro atoms. The molecule has 0 aliphatic rings. The molecule has 0 unspecified atom stereocenters. The number of anilines is 1. The van der Waals surface area contributed by atoms with Crippen LogP contribution in [0, 0.1) is 0 Å². The first-order chi connectivity index (χ1) is 9.25. The number of hydrogen-bond donors (Lipinski definition) is 1. The third-order valence-electron chi connectivity index (χ3n) is 2.69. The summed E-state index contributed by atoms with van der Waals surface area (Å²) in [5.74, 6) is 0.454. The molecular weight excluding hydrogens is 262 g/mol. The van der Waals surface area contributed by atoms with E-state index < -0.39 is 0 Å². The van der Waals surface area contributed by atoms with Gasteiger partial charge in [0.2, 0.25) is 0 Å². The Balaban J connectivity index is 2.09. The van der Waals surface area contributed by atoms with E-state index in [0.717, 1.165) is 11.3 Å². The summed E-state index contributed by atoms with van der Waals surface area (Å²) >= 11 is 5.96. The quantitative estimate of drug-likeness (QED) is 0.778. The SMILES string of the molecule is Nc1c(-c2cccnc2)nnn1-c1cccc(Cl)c1. The van der Waals surface area contributed by atoms with Crippen LogP contribution in [0.3, 0.4) is 0 Å². The molecule has 0 aliphatic heterocycles. The van der Waals surface area contributed by atoms with E-state index in [1.165, 1.54) is 0 Å². The average Bonchev–Trinajstić information content (AvgIpc) is 2.81.